The number of benzene rings is 1. The lowest BCUT2D eigenvalue weighted by Crippen LogP contribution is -2.53. The first-order valence-electron chi connectivity index (χ1n) is 10.9. The van der Waals surface area contributed by atoms with Crippen molar-refractivity contribution < 1.29 is 18.0 Å². The Hall–Kier alpha value is -2.26. The molecule has 2 amide bonds. The van der Waals surface area contributed by atoms with E-state index in [2.05, 4.69) is 20.5 Å². The Labute approximate surface area is 190 Å². The molecule has 2 heterocycles. The number of aromatic nitrogens is 1. The third-order valence-corrected chi connectivity index (χ3v) is 6.45. The van der Waals surface area contributed by atoms with Gasteiger partial charge in [0.2, 0.25) is 0 Å². The molecular weight excluding hydrogens is 443 g/mol. The number of likely N-dealkylation sites (N-methyl/N-ethyl adjacent to an activating group) is 1. The largest absolute Gasteiger partial charge is 0.433 e. The molecule has 0 bridgehead atoms. The van der Waals surface area contributed by atoms with Crippen LogP contribution in [0.5, 0.6) is 0 Å². The maximum atomic E-state index is 13.4. The molecule has 1 aromatic carbocycles. The number of rotatable bonds is 3. The molecule has 4 rings (SSSR count). The molecule has 1 saturated carbocycles. The third kappa shape index (κ3) is 5.38. The van der Waals surface area contributed by atoms with Crippen LogP contribution in [-0.2, 0) is 6.18 Å². The fourth-order valence-corrected chi connectivity index (χ4v) is 4.58. The van der Waals surface area contributed by atoms with Gasteiger partial charge in [0, 0.05) is 54.4 Å². The molecule has 1 saturated heterocycles. The van der Waals surface area contributed by atoms with Gasteiger partial charge < -0.3 is 20.4 Å². The number of fused-ring (bicyclic) bond motifs is 1. The SMILES string of the molecule is CN1CCN(C(=O)N[C@@H]2CCC[C@H](Nc3cc(C(F)(F)F)nc4ccc(Cl)cc34)C2)CC1. The number of pyridine rings is 1. The molecule has 2 N–H and O–H groups in total. The van der Waals surface area contributed by atoms with Gasteiger partial charge >= 0.3 is 12.2 Å². The van der Waals surface area contributed by atoms with Gasteiger partial charge in [-0.2, -0.15) is 13.2 Å². The van der Waals surface area contributed by atoms with Crippen LogP contribution in [0.15, 0.2) is 24.3 Å². The van der Waals surface area contributed by atoms with E-state index < -0.39 is 11.9 Å². The van der Waals surface area contributed by atoms with E-state index in [0.29, 0.717) is 35.6 Å². The van der Waals surface area contributed by atoms with Gasteiger partial charge in [0.1, 0.15) is 5.69 Å². The molecular formula is C22H27ClF3N5O. The number of halogens is 4. The van der Waals surface area contributed by atoms with Gasteiger partial charge in [-0.05, 0) is 57.0 Å². The number of hydrogen-bond acceptors (Lipinski definition) is 4. The van der Waals surface area contributed by atoms with E-state index in [9.17, 15) is 18.0 Å². The Kier molecular flexibility index (Phi) is 6.67. The van der Waals surface area contributed by atoms with Crippen LogP contribution in [0.4, 0.5) is 23.7 Å². The van der Waals surface area contributed by atoms with Gasteiger partial charge in [0.05, 0.1) is 5.52 Å². The number of carbonyl (C=O) groups excluding carboxylic acids is 1. The first-order chi connectivity index (χ1) is 15.2. The maximum absolute atomic E-state index is 13.4. The van der Waals surface area contributed by atoms with Crippen molar-refractivity contribution in [3.8, 4) is 0 Å². The van der Waals surface area contributed by atoms with Gasteiger partial charge in [-0.15, -0.1) is 0 Å². The molecule has 0 radical (unpaired) electrons. The molecule has 1 aliphatic carbocycles. The van der Waals surface area contributed by atoms with Crippen molar-refractivity contribution in [2.45, 2.75) is 43.9 Å². The van der Waals surface area contributed by atoms with E-state index in [1.54, 1.807) is 6.07 Å². The molecule has 2 fully saturated rings. The predicted octanol–water partition coefficient (Wildman–Crippen LogP) is 4.59. The molecule has 6 nitrogen and oxygen atoms in total. The first-order valence-corrected chi connectivity index (χ1v) is 11.2. The molecule has 32 heavy (non-hydrogen) atoms. The fourth-order valence-electron chi connectivity index (χ4n) is 4.41. The lowest BCUT2D eigenvalue weighted by atomic mass is 9.90. The van der Waals surface area contributed by atoms with E-state index in [0.717, 1.165) is 38.4 Å². The summed E-state index contributed by atoms with van der Waals surface area (Å²) in [7, 11) is 2.03. The molecule has 10 heteroatoms. The topological polar surface area (TPSA) is 60.5 Å². The monoisotopic (exact) mass is 469 g/mol. The molecule has 0 unspecified atom stereocenters. The van der Waals surface area contributed by atoms with Crippen LogP contribution in [0.3, 0.4) is 0 Å². The van der Waals surface area contributed by atoms with Crippen molar-refractivity contribution in [3.05, 3.63) is 35.0 Å². The first kappa shape index (κ1) is 22.9. The van der Waals surface area contributed by atoms with Gasteiger partial charge in [-0.1, -0.05) is 11.6 Å². The molecule has 2 atom stereocenters. The van der Waals surface area contributed by atoms with Crippen LogP contribution in [0.2, 0.25) is 5.02 Å². The average Bonchev–Trinajstić information content (AvgIpc) is 2.74. The van der Waals surface area contributed by atoms with E-state index in [1.165, 1.54) is 12.1 Å². The molecule has 2 aromatic rings. The van der Waals surface area contributed by atoms with Crippen molar-refractivity contribution in [1.82, 2.24) is 20.1 Å². The van der Waals surface area contributed by atoms with Crippen LogP contribution in [0.25, 0.3) is 10.9 Å². The number of hydrogen-bond donors (Lipinski definition) is 2. The summed E-state index contributed by atoms with van der Waals surface area (Å²) >= 11 is 6.09. The number of amides is 2. The summed E-state index contributed by atoms with van der Waals surface area (Å²) in [5.74, 6) is 0. The van der Waals surface area contributed by atoms with Crippen LogP contribution in [0, 0.1) is 0 Å². The van der Waals surface area contributed by atoms with Gasteiger partial charge in [-0.3, -0.25) is 0 Å². The van der Waals surface area contributed by atoms with Crippen molar-refractivity contribution in [2.24, 2.45) is 0 Å². The van der Waals surface area contributed by atoms with Crippen LogP contribution in [-0.4, -0.2) is 66.1 Å². The van der Waals surface area contributed by atoms with Crippen LogP contribution >= 0.6 is 11.6 Å². The molecule has 1 aliphatic heterocycles. The number of piperazine rings is 1. The lowest BCUT2D eigenvalue weighted by Gasteiger charge is -2.36. The highest BCUT2D eigenvalue weighted by molar-refractivity contribution is 6.31. The summed E-state index contributed by atoms with van der Waals surface area (Å²) in [6.07, 6.45) is -1.36. The minimum Gasteiger partial charge on any atom is -0.382 e. The summed E-state index contributed by atoms with van der Waals surface area (Å²) in [5.41, 5.74) is -0.339. The van der Waals surface area contributed by atoms with Crippen molar-refractivity contribution in [2.75, 3.05) is 38.5 Å². The summed E-state index contributed by atoms with van der Waals surface area (Å²) in [5, 5.41) is 7.38. The Balaban J connectivity index is 1.47. The highest BCUT2D eigenvalue weighted by atomic mass is 35.5. The fraction of sp³-hybridized carbons (Fsp3) is 0.545. The number of nitrogens with one attached hydrogen (secondary N) is 2. The van der Waals surface area contributed by atoms with Gasteiger partial charge in [-0.25, -0.2) is 9.78 Å². The second-order valence-electron chi connectivity index (χ2n) is 8.66. The molecule has 1 aromatic heterocycles. The zero-order valence-electron chi connectivity index (χ0n) is 17.9. The standard InChI is InChI=1S/C22H27ClF3N5O/c1-30-7-9-31(10-8-30)21(32)28-16-4-2-3-15(12-16)27-19-13-20(22(24,25)26)29-18-6-5-14(23)11-17(18)19/h5-6,11,13,15-16H,2-4,7-10,12H2,1H3,(H,27,29)(H,28,32)/t15-,16+/m0/s1. The number of nitrogens with zero attached hydrogens (tertiary/aromatic N) is 3. The minimum atomic E-state index is -4.55. The zero-order valence-corrected chi connectivity index (χ0v) is 18.6. The lowest BCUT2D eigenvalue weighted by molar-refractivity contribution is -0.140. The quantitative estimate of drug-likeness (QED) is 0.690. The zero-order chi connectivity index (χ0) is 22.9. The Bertz CT molecular complexity index is 978. The number of anilines is 1. The number of urea groups is 1. The Morgan fingerprint density at radius 3 is 2.56 bits per heavy atom. The second-order valence-corrected chi connectivity index (χ2v) is 9.10. The van der Waals surface area contributed by atoms with E-state index >= 15 is 0 Å². The average molecular weight is 470 g/mol. The van der Waals surface area contributed by atoms with Crippen molar-refractivity contribution in [3.63, 3.8) is 0 Å². The normalized spacial score (nSPS) is 22.7. The third-order valence-electron chi connectivity index (χ3n) is 6.21. The minimum absolute atomic E-state index is 0.0211. The number of alkyl halides is 3. The van der Waals surface area contributed by atoms with Crippen molar-refractivity contribution >= 4 is 34.2 Å². The summed E-state index contributed by atoms with van der Waals surface area (Å²) in [6, 6.07) is 5.56. The Morgan fingerprint density at radius 2 is 1.84 bits per heavy atom. The van der Waals surface area contributed by atoms with E-state index in [4.69, 9.17) is 11.6 Å². The maximum Gasteiger partial charge on any atom is 0.433 e. The van der Waals surface area contributed by atoms with Crippen molar-refractivity contribution in [1.29, 1.82) is 0 Å². The van der Waals surface area contributed by atoms with Gasteiger partial charge in [0.25, 0.3) is 0 Å². The second kappa shape index (κ2) is 9.31. The molecule has 0 spiro atoms. The highest BCUT2D eigenvalue weighted by Crippen LogP contribution is 2.35. The Morgan fingerprint density at radius 1 is 1.12 bits per heavy atom. The summed E-state index contributed by atoms with van der Waals surface area (Å²) in [4.78, 5) is 20.4. The number of carbonyl (C=O) groups is 1. The van der Waals surface area contributed by atoms with Crippen LogP contribution < -0.4 is 10.6 Å². The van der Waals surface area contributed by atoms with E-state index in [1.807, 2.05) is 11.9 Å². The molecule has 2 aliphatic rings. The predicted molar refractivity (Wildman–Crippen MR) is 119 cm³/mol. The molecule has 174 valence electrons. The summed E-state index contributed by atoms with van der Waals surface area (Å²) < 4.78 is 40.2. The highest BCUT2D eigenvalue weighted by Gasteiger charge is 2.34. The van der Waals surface area contributed by atoms with Gasteiger partial charge in [0.15, 0.2) is 0 Å². The smallest absolute Gasteiger partial charge is 0.382 e. The van der Waals surface area contributed by atoms with Crippen LogP contribution in [0.1, 0.15) is 31.4 Å². The van der Waals surface area contributed by atoms with E-state index in [-0.39, 0.29) is 23.6 Å². The summed E-state index contributed by atoms with van der Waals surface area (Å²) in [6.45, 7) is 3.09.